The van der Waals surface area contributed by atoms with Gasteiger partial charge in [-0.25, -0.2) is 0 Å². The molecule has 0 N–H and O–H groups in total. The van der Waals surface area contributed by atoms with Crippen LogP contribution >= 0.6 is 0 Å². The molecule has 2 aromatic rings. The lowest BCUT2D eigenvalue weighted by Gasteiger charge is -2.03. The van der Waals surface area contributed by atoms with E-state index in [-0.39, 0.29) is 11.5 Å². The van der Waals surface area contributed by atoms with Crippen LogP contribution in [0.3, 0.4) is 0 Å². The minimum atomic E-state index is -0.311. The van der Waals surface area contributed by atoms with E-state index < -0.39 is 0 Å². The van der Waals surface area contributed by atoms with Crippen molar-refractivity contribution in [2.24, 2.45) is 0 Å². The fourth-order valence-electron chi connectivity index (χ4n) is 1.74. The van der Waals surface area contributed by atoms with E-state index >= 15 is 0 Å². The van der Waals surface area contributed by atoms with Gasteiger partial charge in [-0.3, -0.25) is 10.1 Å². The van der Waals surface area contributed by atoms with Gasteiger partial charge in [-0.05, 0) is 24.1 Å². The van der Waals surface area contributed by atoms with E-state index in [9.17, 15) is 10.1 Å². The Labute approximate surface area is 99.9 Å². The molecule has 0 fully saturated rings. The third kappa shape index (κ3) is 2.91. The van der Waals surface area contributed by atoms with Gasteiger partial charge in [0.15, 0.2) is 0 Å². The Bertz CT molecular complexity index is 532. The topological polar surface area (TPSA) is 43.1 Å². The van der Waals surface area contributed by atoms with E-state index in [1.54, 1.807) is 6.07 Å². The second kappa shape index (κ2) is 4.78. The SMILES string of the molecule is Cc1ccc(-c2cccc(C[N+](=O)[O-])c2)cc1. The molecular weight excluding hydrogens is 214 g/mol. The first-order valence-electron chi connectivity index (χ1n) is 5.43. The van der Waals surface area contributed by atoms with Gasteiger partial charge in [-0.15, -0.1) is 0 Å². The summed E-state index contributed by atoms with van der Waals surface area (Å²) in [4.78, 5) is 10.2. The Morgan fingerprint density at radius 2 is 1.76 bits per heavy atom. The van der Waals surface area contributed by atoms with Crippen LogP contribution in [-0.4, -0.2) is 4.92 Å². The van der Waals surface area contributed by atoms with Crippen molar-refractivity contribution in [2.45, 2.75) is 13.5 Å². The van der Waals surface area contributed by atoms with Crippen LogP contribution in [0.1, 0.15) is 11.1 Å². The highest BCUT2D eigenvalue weighted by molar-refractivity contribution is 5.64. The maximum Gasteiger partial charge on any atom is 0.228 e. The number of aryl methyl sites for hydroxylation is 1. The first kappa shape index (κ1) is 11.3. The summed E-state index contributed by atoms with van der Waals surface area (Å²) < 4.78 is 0. The average molecular weight is 227 g/mol. The molecule has 0 radical (unpaired) electrons. The lowest BCUT2D eigenvalue weighted by molar-refractivity contribution is -0.496. The molecule has 2 aromatic carbocycles. The maximum absolute atomic E-state index is 10.5. The summed E-state index contributed by atoms with van der Waals surface area (Å²) in [6.07, 6.45) is 0. The summed E-state index contributed by atoms with van der Waals surface area (Å²) >= 11 is 0. The average Bonchev–Trinajstić information content (AvgIpc) is 2.29. The van der Waals surface area contributed by atoms with E-state index in [2.05, 4.69) is 0 Å². The van der Waals surface area contributed by atoms with Gasteiger partial charge in [0.25, 0.3) is 0 Å². The van der Waals surface area contributed by atoms with Crippen molar-refractivity contribution in [3.05, 3.63) is 69.8 Å². The summed E-state index contributed by atoms with van der Waals surface area (Å²) in [7, 11) is 0. The number of rotatable bonds is 3. The molecule has 0 aliphatic rings. The lowest BCUT2D eigenvalue weighted by atomic mass is 10.0. The molecule has 0 aliphatic carbocycles. The number of nitrogens with zero attached hydrogens (tertiary/aromatic N) is 1. The van der Waals surface area contributed by atoms with Gasteiger partial charge in [-0.2, -0.15) is 0 Å². The first-order chi connectivity index (χ1) is 8.15. The summed E-state index contributed by atoms with van der Waals surface area (Å²) in [5.74, 6) is 0. The van der Waals surface area contributed by atoms with Crippen molar-refractivity contribution in [3.8, 4) is 11.1 Å². The van der Waals surface area contributed by atoms with Crippen LogP contribution in [0.15, 0.2) is 48.5 Å². The number of hydrogen-bond donors (Lipinski definition) is 0. The quantitative estimate of drug-likeness (QED) is 0.595. The molecule has 0 unspecified atom stereocenters. The zero-order valence-electron chi connectivity index (χ0n) is 9.59. The maximum atomic E-state index is 10.5. The monoisotopic (exact) mass is 227 g/mol. The van der Waals surface area contributed by atoms with Crippen molar-refractivity contribution in [3.63, 3.8) is 0 Å². The molecule has 0 aliphatic heterocycles. The third-order valence-electron chi connectivity index (χ3n) is 2.62. The lowest BCUT2D eigenvalue weighted by Crippen LogP contribution is -1.97. The third-order valence-corrected chi connectivity index (χ3v) is 2.62. The van der Waals surface area contributed by atoms with Crippen LogP contribution in [0.4, 0.5) is 0 Å². The number of hydrogen-bond acceptors (Lipinski definition) is 2. The predicted octanol–water partition coefficient (Wildman–Crippen LogP) is 3.44. The summed E-state index contributed by atoms with van der Waals surface area (Å²) in [5, 5.41) is 10.5. The Balaban J connectivity index is 2.32. The fourth-order valence-corrected chi connectivity index (χ4v) is 1.74. The van der Waals surface area contributed by atoms with Crippen LogP contribution in [0, 0.1) is 17.0 Å². The Morgan fingerprint density at radius 3 is 2.41 bits per heavy atom. The van der Waals surface area contributed by atoms with Gasteiger partial charge in [0.2, 0.25) is 6.54 Å². The second-order valence-electron chi connectivity index (χ2n) is 4.06. The normalized spacial score (nSPS) is 10.2. The van der Waals surface area contributed by atoms with E-state index in [1.165, 1.54) is 5.56 Å². The highest BCUT2D eigenvalue weighted by atomic mass is 16.6. The Morgan fingerprint density at radius 1 is 1.06 bits per heavy atom. The van der Waals surface area contributed by atoms with Crippen LogP contribution < -0.4 is 0 Å². The zero-order valence-corrected chi connectivity index (χ0v) is 9.59. The predicted molar refractivity (Wildman–Crippen MR) is 67.3 cm³/mol. The van der Waals surface area contributed by atoms with E-state index in [0.717, 1.165) is 16.7 Å². The fraction of sp³-hybridized carbons (Fsp3) is 0.143. The molecular formula is C14H13NO2. The van der Waals surface area contributed by atoms with Crippen molar-refractivity contribution >= 4 is 0 Å². The van der Waals surface area contributed by atoms with Crippen LogP contribution in [0.5, 0.6) is 0 Å². The first-order valence-corrected chi connectivity index (χ1v) is 5.43. The van der Waals surface area contributed by atoms with E-state index in [1.807, 2.05) is 49.4 Å². The smallest absolute Gasteiger partial charge is 0.228 e. The van der Waals surface area contributed by atoms with Crippen LogP contribution in [0.2, 0.25) is 0 Å². The zero-order chi connectivity index (χ0) is 12.3. The molecule has 0 spiro atoms. The largest absolute Gasteiger partial charge is 0.264 e. The summed E-state index contributed by atoms with van der Waals surface area (Å²) in [6, 6.07) is 15.6. The molecule has 0 aromatic heterocycles. The van der Waals surface area contributed by atoms with Gasteiger partial charge in [0, 0.05) is 10.5 Å². The molecule has 3 nitrogen and oxygen atoms in total. The molecule has 0 amide bonds. The Hall–Kier alpha value is -2.16. The standard InChI is InChI=1S/C14H13NO2/c1-11-5-7-13(8-6-11)14-4-2-3-12(9-14)10-15(16)17/h2-9H,10H2,1H3. The van der Waals surface area contributed by atoms with Gasteiger partial charge in [0.1, 0.15) is 0 Å². The molecule has 3 heteroatoms. The van der Waals surface area contributed by atoms with Crippen LogP contribution in [0.25, 0.3) is 11.1 Å². The van der Waals surface area contributed by atoms with Crippen LogP contribution in [-0.2, 0) is 6.54 Å². The second-order valence-corrected chi connectivity index (χ2v) is 4.06. The highest BCUT2D eigenvalue weighted by Crippen LogP contribution is 2.21. The molecule has 0 atom stereocenters. The molecule has 0 bridgehead atoms. The van der Waals surface area contributed by atoms with Gasteiger partial charge in [-0.1, -0.05) is 48.0 Å². The van der Waals surface area contributed by atoms with Gasteiger partial charge >= 0.3 is 0 Å². The minimum Gasteiger partial charge on any atom is -0.264 e. The van der Waals surface area contributed by atoms with E-state index in [4.69, 9.17) is 0 Å². The summed E-state index contributed by atoms with van der Waals surface area (Å²) in [6.45, 7) is 1.91. The summed E-state index contributed by atoms with van der Waals surface area (Å²) in [5.41, 5.74) is 4.04. The highest BCUT2D eigenvalue weighted by Gasteiger charge is 2.03. The van der Waals surface area contributed by atoms with E-state index in [0.29, 0.717) is 0 Å². The molecule has 2 rings (SSSR count). The van der Waals surface area contributed by atoms with Gasteiger partial charge in [0.05, 0.1) is 0 Å². The van der Waals surface area contributed by atoms with Gasteiger partial charge < -0.3 is 0 Å². The Kier molecular flexibility index (Phi) is 3.19. The molecule has 0 heterocycles. The van der Waals surface area contributed by atoms with Crippen molar-refractivity contribution < 1.29 is 4.92 Å². The molecule has 0 saturated carbocycles. The number of nitro groups is 1. The van der Waals surface area contributed by atoms with Crippen molar-refractivity contribution in [2.75, 3.05) is 0 Å². The van der Waals surface area contributed by atoms with Crippen molar-refractivity contribution in [1.82, 2.24) is 0 Å². The molecule has 17 heavy (non-hydrogen) atoms. The molecule has 0 saturated heterocycles. The number of benzene rings is 2. The van der Waals surface area contributed by atoms with Crippen molar-refractivity contribution in [1.29, 1.82) is 0 Å². The minimum absolute atomic E-state index is 0.125. The molecule has 86 valence electrons.